The first-order chi connectivity index (χ1) is 21.4. The minimum Gasteiger partial charge on any atom is -0.484 e. The van der Waals surface area contributed by atoms with Crippen molar-refractivity contribution in [2.45, 2.75) is 39.4 Å². The van der Waals surface area contributed by atoms with E-state index in [2.05, 4.69) is 20.1 Å². The third-order valence-corrected chi connectivity index (χ3v) is 7.75. The fourth-order valence-electron chi connectivity index (χ4n) is 5.30. The lowest BCUT2D eigenvalue weighted by atomic mass is 10.1. The molecule has 4 aromatic rings. The maximum Gasteiger partial charge on any atom is 0.376 e. The predicted octanol–water partition coefficient (Wildman–Crippen LogP) is 3.98. The Labute approximate surface area is 255 Å². The van der Waals surface area contributed by atoms with Gasteiger partial charge in [-0.05, 0) is 31.0 Å². The summed E-state index contributed by atoms with van der Waals surface area (Å²) < 4.78 is 23.1. The Balaban J connectivity index is 1.27. The Morgan fingerprint density at radius 3 is 2.30 bits per heavy atom. The van der Waals surface area contributed by atoms with Crippen molar-refractivity contribution >= 4 is 11.9 Å². The van der Waals surface area contributed by atoms with E-state index in [1.165, 1.54) is 7.11 Å². The summed E-state index contributed by atoms with van der Waals surface area (Å²) in [5, 5.41) is 18.1. The molecule has 1 unspecified atom stereocenters. The summed E-state index contributed by atoms with van der Waals surface area (Å²) in [4.78, 5) is 27.3. The molecule has 11 heteroatoms. The second kappa shape index (κ2) is 14.0. The Morgan fingerprint density at radius 2 is 1.66 bits per heavy atom. The Kier molecular flexibility index (Phi) is 9.75. The molecule has 0 spiro atoms. The molecule has 2 N–H and O–H groups in total. The first kappa shape index (κ1) is 30.6. The van der Waals surface area contributed by atoms with Gasteiger partial charge in [-0.2, -0.15) is 0 Å². The molecule has 1 aliphatic rings. The molecule has 2 aromatic carbocycles. The zero-order chi connectivity index (χ0) is 31.1. The molecular formula is C33H37N4O7+. The van der Waals surface area contributed by atoms with Crippen LogP contribution in [0.5, 0.6) is 11.5 Å². The number of aromatic nitrogens is 2. The number of amides is 1. The monoisotopic (exact) mass is 601 g/mol. The standard InChI is InChI=1S/C33H36N4O7/c1-22-29(32(38)34-15-17-36-16-14-26(19-36)27-18-28(44-35-27)33(39)41-3)37(40)23(2)31(43-21-25-12-8-5-9-13-25)30(22)42-20-24-10-6-4-7-11-24/h4-13,18,26H,14-17,19-21H2,1-3H3,(H-,34,38,40)/p+1. The Hall–Kier alpha value is -4.90. The number of carbonyl (C=O) groups excluding carboxylic acids is 2. The van der Waals surface area contributed by atoms with Gasteiger partial charge in [0.1, 0.15) is 13.2 Å². The van der Waals surface area contributed by atoms with Gasteiger partial charge in [-0.15, -0.1) is 0 Å². The molecule has 1 saturated heterocycles. The Morgan fingerprint density at radius 1 is 1.02 bits per heavy atom. The summed E-state index contributed by atoms with van der Waals surface area (Å²) in [5.41, 5.74) is 3.52. The second-order valence-electron chi connectivity index (χ2n) is 10.7. The molecule has 0 radical (unpaired) electrons. The number of ether oxygens (including phenoxy) is 3. The van der Waals surface area contributed by atoms with Crippen LogP contribution in [0.3, 0.4) is 0 Å². The third kappa shape index (κ3) is 7.00. The number of pyridine rings is 1. The number of hydrogen-bond donors (Lipinski definition) is 2. The molecule has 5 rings (SSSR count). The second-order valence-corrected chi connectivity index (χ2v) is 10.7. The molecule has 1 atom stereocenters. The summed E-state index contributed by atoms with van der Waals surface area (Å²) in [5.74, 6) is -0.0174. The first-order valence-corrected chi connectivity index (χ1v) is 14.5. The van der Waals surface area contributed by atoms with Gasteiger partial charge in [0.2, 0.25) is 11.5 Å². The van der Waals surface area contributed by atoms with Gasteiger partial charge in [0.15, 0.2) is 5.75 Å². The van der Waals surface area contributed by atoms with E-state index >= 15 is 0 Å². The number of esters is 1. The number of rotatable bonds is 12. The average Bonchev–Trinajstić information content (AvgIpc) is 3.73. The minimum atomic E-state index is -0.558. The van der Waals surface area contributed by atoms with E-state index in [1.54, 1.807) is 19.9 Å². The van der Waals surface area contributed by atoms with Crippen molar-refractivity contribution < 1.29 is 38.3 Å². The largest absolute Gasteiger partial charge is 0.484 e. The van der Waals surface area contributed by atoms with Gasteiger partial charge in [0.25, 0.3) is 5.69 Å². The number of methoxy groups -OCH3 is 1. The van der Waals surface area contributed by atoms with E-state index in [9.17, 15) is 14.8 Å². The van der Waals surface area contributed by atoms with E-state index in [-0.39, 0.29) is 30.6 Å². The van der Waals surface area contributed by atoms with E-state index in [4.69, 9.17) is 14.0 Å². The van der Waals surface area contributed by atoms with Crippen molar-refractivity contribution in [3.63, 3.8) is 0 Å². The lowest BCUT2D eigenvalue weighted by Crippen LogP contribution is -2.46. The van der Waals surface area contributed by atoms with Crippen LogP contribution in [-0.4, -0.2) is 60.4 Å². The number of likely N-dealkylation sites (tertiary alicyclic amines) is 1. The zero-order valence-corrected chi connectivity index (χ0v) is 25.1. The highest BCUT2D eigenvalue weighted by molar-refractivity contribution is 5.93. The maximum absolute atomic E-state index is 13.4. The fraction of sp³-hybridized carbons (Fsp3) is 0.333. The summed E-state index contributed by atoms with van der Waals surface area (Å²) in [6.45, 7) is 6.45. The van der Waals surface area contributed by atoms with Crippen LogP contribution in [0.4, 0.5) is 0 Å². The first-order valence-electron chi connectivity index (χ1n) is 14.5. The number of nitrogens with zero attached hydrogens (tertiary/aromatic N) is 3. The lowest BCUT2D eigenvalue weighted by molar-refractivity contribution is -0.910. The zero-order valence-electron chi connectivity index (χ0n) is 25.1. The van der Waals surface area contributed by atoms with Crippen molar-refractivity contribution in [2.24, 2.45) is 0 Å². The smallest absolute Gasteiger partial charge is 0.376 e. The lowest BCUT2D eigenvalue weighted by Gasteiger charge is -2.18. The molecule has 2 aromatic heterocycles. The molecular weight excluding hydrogens is 564 g/mol. The summed E-state index contributed by atoms with van der Waals surface area (Å²) in [7, 11) is 1.30. The quantitative estimate of drug-likeness (QED) is 0.141. The highest BCUT2D eigenvalue weighted by Gasteiger charge is 2.34. The number of hydrogen-bond acceptors (Lipinski definition) is 9. The highest BCUT2D eigenvalue weighted by Crippen LogP contribution is 2.35. The maximum atomic E-state index is 13.4. The molecule has 11 nitrogen and oxygen atoms in total. The van der Waals surface area contributed by atoms with Crippen LogP contribution in [0.2, 0.25) is 0 Å². The third-order valence-electron chi connectivity index (χ3n) is 7.75. The molecule has 44 heavy (non-hydrogen) atoms. The van der Waals surface area contributed by atoms with Gasteiger partial charge in [-0.1, -0.05) is 65.8 Å². The van der Waals surface area contributed by atoms with Crippen LogP contribution in [0.1, 0.15) is 61.5 Å². The van der Waals surface area contributed by atoms with E-state index in [0.29, 0.717) is 48.1 Å². The van der Waals surface area contributed by atoms with Gasteiger partial charge in [-0.3, -0.25) is 10.0 Å². The van der Waals surface area contributed by atoms with Crippen LogP contribution >= 0.6 is 0 Å². The van der Waals surface area contributed by atoms with Crippen molar-refractivity contribution in [2.75, 3.05) is 33.3 Å². The van der Waals surface area contributed by atoms with Crippen LogP contribution in [0.25, 0.3) is 0 Å². The molecule has 1 fully saturated rings. The van der Waals surface area contributed by atoms with Gasteiger partial charge in [-0.25, -0.2) is 4.79 Å². The molecule has 0 saturated carbocycles. The molecule has 0 bridgehead atoms. The van der Waals surface area contributed by atoms with Crippen LogP contribution in [0.15, 0.2) is 71.3 Å². The number of benzene rings is 2. The van der Waals surface area contributed by atoms with Crippen molar-refractivity contribution in [3.05, 3.63) is 106 Å². The van der Waals surface area contributed by atoms with Crippen LogP contribution in [-0.2, 0) is 18.0 Å². The summed E-state index contributed by atoms with van der Waals surface area (Å²) in [6, 6.07) is 21.0. The van der Waals surface area contributed by atoms with Crippen molar-refractivity contribution in [1.82, 2.24) is 15.4 Å². The topological polar surface area (TPSA) is 127 Å². The molecule has 1 amide bonds. The van der Waals surface area contributed by atoms with E-state index < -0.39 is 11.9 Å². The van der Waals surface area contributed by atoms with Crippen LogP contribution < -0.4 is 19.5 Å². The molecule has 230 valence electrons. The summed E-state index contributed by atoms with van der Waals surface area (Å²) in [6.07, 6.45) is 0.850. The van der Waals surface area contributed by atoms with Gasteiger partial charge < -0.3 is 29.0 Å². The number of carbonyl (C=O) groups is 2. The SMILES string of the molecule is COC(=O)c1cc(C2CCN(CCNC(=O)c3c(C)c(OCc4ccccc4)c(OCc4ccccc4)c(C)[n+]3O)C2)no1. The molecule has 1 aliphatic heterocycles. The fourth-order valence-corrected chi connectivity index (χ4v) is 5.30. The number of nitrogens with one attached hydrogen (secondary N) is 1. The summed E-state index contributed by atoms with van der Waals surface area (Å²) >= 11 is 0. The van der Waals surface area contributed by atoms with Gasteiger partial charge in [0, 0.05) is 43.3 Å². The van der Waals surface area contributed by atoms with Crippen molar-refractivity contribution in [1.29, 1.82) is 0 Å². The van der Waals surface area contributed by atoms with Crippen molar-refractivity contribution in [3.8, 4) is 11.5 Å². The highest BCUT2D eigenvalue weighted by atomic mass is 16.6. The molecule has 3 heterocycles. The Bertz CT molecular complexity index is 1590. The molecule has 0 aliphatic carbocycles. The van der Waals surface area contributed by atoms with E-state index in [1.807, 2.05) is 60.7 Å². The minimum absolute atomic E-state index is 0.0786. The van der Waals surface area contributed by atoms with E-state index in [0.717, 1.165) is 28.8 Å². The normalized spacial score (nSPS) is 14.8. The average molecular weight is 602 g/mol. The van der Waals surface area contributed by atoms with Gasteiger partial charge in [0.05, 0.1) is 18.4 Å². The van der Waals surface area contributed by atoms with Gasteiger partial charge >= 0.3 is 17.6 Å². The van der Waals surface area contributed by atoms with Crippen LogP contribution in [0, 0.1) is 13.8 Å². The predicted molar refractivity (Wildman–Crippen MR) is 159 cm³/mol.